The smallest absolute Gasteiger partial charge is 0.272 e. The molecule has 1 aromatic carbocycles. The van der Waals surface area contributed by atoms with Gasteiger partial charge in [0.15, 0.2) is 0 Å². The highest BCUT2D eigenvalue weighted by Gasteiger charge is 2.37. The first-order chi connectivity index (χ1) is 13.7. The maximum absolute atomic E-state index is 12.7. The molecule has 1 N–H and O–H groups in total. The molecule has 2 aromatic rings. The first kappa shape index (κ1) is 18.7. The summed E-state index contributed by atoms with van der Waals surface area (Å²) in [6.07, 6.45) is 9.24. The topological polar surface area (TPSA) is 67.2 Å². The third-order valence-electron chi connectivity index (χ3n) is 5.91. The molecule has 1 aliphatic heterocycles. The second kappa shape index (κ2) is 8.59. The van der Waals surface area contributed by atoms with E-state index in [0.717, 1.165) is 32.4 Å². The van der Waals surface area contributed by atoms with Crippen molar-refractivity contribution in [2.75, 3.05) is 6.54 Å². The number of benzene rings is 1. The Morgan fingerprint density at radius 1 is 1.07 bits per heavy atom. The number of aryl methyl sites for hydroxylation is 2. The Bertz CT molecular complexity index is 811. The fourth-order valence-corrected chi connectivity index (χ4v) is 4.32. The van der Waals surface area contributed by atoms with Gasteiger partial charge in [-0.15, -0.1) is 0 Å². The monoisotopic (exact) mass is 380 g/mol. The van der Waals surface area contributed by atoms with E-state index in [-0.39, 0.29) is 11.8 Å². The van der Waals surface area contributed by atoms with Gasteiger partial charge < -0.3 is 10.2 Å². The van der Waals surface area contributed by atoms with Crippen LogP contribution < -0.4 is 5.32 Å². The first-order valence-corrected chi connectivity index (χ1v) is 10.4. The van der Waals surface area contributed by atoms with Crippen molar-refractivity contribution in [2.45, 2.75) is 63.6 Å². The third kappa shape index (κ3) is 4.26. The van der Waals surface area contributed by atoms with E-state index in [9.17, 15) is 9.59 Å². The molecular weight excluding hydrogens is 352 g/mol. The summed E-state index contributed by atoms with van der Waals surface area (Å²) in [5.41, 5.74) is 1.61. The van der Waals surface area contributed by atoms with Gasteiger partial charge in [-0.1, -0.05) is 49.6 Å². The van der Waals surface area contributed by atoms with Gasteiger partial charge in [-0.05, 0) is 37.3 Å². The molecule has 2 amide bonds. The number of hydrogen-bond acceptors (Lipinski definition) is 3. The molecule has 6 nitrogen and oxygen atoms in total. The van der Waals surface area contributed by atoms with E-state index in [0.29, 0.717) is 18.2 Å². The number of aromatic nitrogens is 2. The van der Waals surface area contributed by atoms with Gasteiger partial charge in [-0.2, -0.15) is 5.10 Å². The molecule has 0 spiro atoms. The molecule has 6 heteroatoms. The van der Waals surface area contributed by atoms with Crippen molar-refractivity contribution in [3.05, 3.63) is 53.9 Å². The number of amides is 2. The molecule has 1 saturated heterocycles. The van der Waals surface area contributed by atoms with Gasteiger partial charge in [0.1, 0.15) is 11.7 Å². The lowest BCUT2D eigenvalue weighted by Crippen LogP contribution is -2.45. The van der Waals surface area contributed by atoms with Gasteiger partial charge in [0.05, 0.1) is 0 Å². The van der Waals surface area contributed by atoms with Crippen molar-refractivity contribution in [2.24, 2.45) is 0 Å². The number of carbonyl (C=O) groups is 2. The van der Waals surface area contributed by atoms with Crippen LogP contribution in [0.25, 0.3) is 0 Å². The summed E-state index contributed by atoms with van der Waals surface area (Å²) in [6.45, 7) is 1.47. The SMILES string of the molecule is O=C(NC1CCN(C2CCCCC2)C1=O)c1ccn(CCc2ccccc2)n1. The molecule has 2 heterocycles. The van der Waals surface area contributed by atoms with E-state index in [1.807, 2.05) is 29.3 Å². The van der Waals surface area contributed by atoms with Crippen LogP contribution in [0.3, 0.4) is 0 Å². The molecule has 1 aliphatic carbocycles. The van der Waals surface area contributed by atoms with E-state index in [1.54, 1.807) is 10.7 Å². The lowest BCUT2D eigenvalue weighted by Gasteiger charge is -2.31. The number of likely N-dealkylation sites (tertiary alicyclic amines) is 1. The lowest BCUT2D eigenvalue weighted by atomic mass is 9.94. The molecule has 2 aliphatic rings. The largest absolute Gasteiger partial charge is 0.339 e. The number of carbonyl (C=O) groups excluding carboxylic acids is 2. The molecule has 4 rings (SSSR count). The lowest BCUT2D eigenvalue weighted by molar-refractivity contribution is -0.131. The highest BCUT2D eigenvalue weighted by atomic mass is 16.2. The van der Waals surface area contributed by atoms with Crippen LogP contribution >= 0.6 is 0 Å². The Labute approximate surface area is 165 Å². The summed E-state index contributed by atoms with van der Waals surface area (Å²) in [4.78, 5) is 27.3. The highest BCUT2D eigenvalue weighted by molar-refractivity contribution is 5.96. The molecular formula is C22H28N4O2. The average molecular weight is 380 g/mol. The predicted molar refractivity (Wildman–Crippen MR) is 107 cm³/mol. The zero-order chi connectivity index (χ0) is 19.3. The van der Waals surface area contributed by atoms with E-state index in [2.05, 4.69) is 22.5 Å². The first-order valence-electron chi connectivity index (χ1n) is 10.4. The maximum atomic E-state index is 12.7. The molecule has 1 saturated carbocycles. The third-order valence-corrected chi connectivity index (χ3v) is 5.91. The number of nitrogens with zero attached hydrogens (tertiary/aromatic N) is 3. The number of rotatable bonds is 6. The predicted octanol–water partition coefficient (Wildman–Crippen LogP) is 2.79. The Morgan fingerprint density at radius 3 is 2.64 bits per heavy atom. The fourth-order valence-electron chi connectivity index (χ4n) is 4.32. The van der Waals surface area contributed by atoms with Gasteiger partial charge in [-0.25, -0.2) is 0 Å². The van der Waals surface area contributed by atoms with Crippen LogP contribution in [0, 0.1) is 0 Å². The highest BCUT2D eigenvalue weighted by Crippen LogP contribution is 2.26. The van der Waals surface area contributed by atoms with Crippen LogP contribution in [0.4, 0.5) is 0 Å². The van der Waals surface area contributed by atoms with Crippen molar-refractivity contribution in [1.82, 2.24) is 20.0 Å². The van der Waals surface area contributed by atoms with Crippen LogP contribution in [0.1, 0.15) is 54.6 Å². The second-order valence-corrected chi connectivity index (χ2v) is 7.84. The van der Waals surface area contributed by atoms with Crippen molar-refractivity contribution in [3.63, 3.8) is 0 Å². The molecule has 2 fully saturated rings. The normalized spacial score (nSPS) is 20.5. The summed E-state index contributed by atoms with van der Waals surface area (Å²) >= 11 is 0. The Morgan fingerprint density at radius 2 is 1.86 bits per heavy atom. The van der Waals surface area contributed by atoms with Crippen LogP contribution in [-0.2, 0) is 17.8 Å². The summed E-state index contributed by atoms with van der Waals surface area (Å²) in [7, 11) is 0. The van der Waals surface area contributed by atoms with Gasteiger partial charge >= 0.3 is 0 Å². The van der Waals surface area contributed by atoms with Gasteiger partial charge in [0, 0.05) is 25.3 Å². The van der Waals surface area contributed by atoms with Gasteiger partial charge in [-0.3, -0.25) is 14.3 Å². The summed E-state index contributed by atoms with van der Waals surface area (Å²) in [5, 5.41) is 7.28. The maximum Gasteiger partial charge on any atom is 0.272 e. The molecule has 1 aromatic heterocycles. The number of nitrogens with one attached hydrogen (secondary N) is 1. The summed E-state index contributed by atoms with van der Waals surface area (Å²) < 4.78 is 1.78. The molecule has 0 radical (unpaired) electrons. The molecule has 1 atom stereocenters. The standard InChI is InChI=1S/C22H28N4O2/c27-21(19-12-15-25(24-19)14-11-17-7-3-1-4-8-17)23-20-13-16-26(22(20)28)18-9-5-2-6-10-18/h1,3-4,7-8,12,15,18,20H,2,5-6,9-11,13-14,16H2,(H,23,27). The van der Waals surface area contributed by atoms with E-state index >= 15 is 0 Å². The fraction of sp³-hybridized carbons (Fsp3) is 0.500. The molecule has 148 valence electrons. The van der Waals surface area contributed by atoms with Crippen molar-refractivity contribution in [3.8, 4) is 0 Å². The van der Waals surface area contributed by atoms with E-state index in [4.69, 9.17) is 0 Å². The minimum Gasteiger partial charge on any atom is -0.339 e. The van der Waals surface area contributed by atoms with E-state index in [1.165, 1.54) is 24.8 Å². The summed E-state index contributed by atoms with van der Waals surface area (Å²) in [6, 6.07) is 11.9. The quantitative estimate of drug-likeness (QED) is 0.838. The molecule has 0 bridgehead atoms. The van der Waals surface area contributed by atoms with Crippen LogP contribution in [-0.4, -0.2) is 45.1 Å². The van der Waals surface area contributed by atoms with Crippen molar-refractivity contribution >= 4 is 11.8 Å². The molecule has 28 heavy (non-hydrogen) atoms. The van der Waals surface area contributed by atoms with Crippen molar-refractivity contribution < 1.29 is 9.59 Å². The molecule has 1 unspecified atom stereocenters. The number of hydrogen-bond donors (Lipinski definition) is 1. The Kier molecular flexibility index (Phi) is 5.74. The zero-order valence-corrected chi connectivity index (χ0v) is 16.2. The van der Waals surface area contributed by atoms with Crippen LogP contribution in [0.5, 0.6) is 0 Å². The zero-order valence-electron chi connectivity index (χ0n) is 16.2. The second-order valence-electron chi connectivity index (χ2n) is 7.84. The average Bonchev–Trinajstić information content (AvgIpc) is 3.35. The van der Waals surface area contributed by atoms with Gasteiger partial charge in [0.2, 0.25) is 5.91 Å². The summed E-state index contributed by atoms with van der Waals surface area (Å²) in [5.74, 6) is -0.189. The minimum absolute atomic E-state index is 0.0729. The van der Waals surface area contributed by atoms with Crippen molar-refractivity contribution in [1.29, 1.82) is 0 Å². The van der Waals surface area contributed by atoms with E-state index < -0.39 is 6.04 Å². The van der Waals surface area contributed by atoms with Gasteiger partial charge in [0.25, 0.3) is 5.91 Å². The Balaban J connectivity index is 1.30. The van der Waals surface area contributed by atoms with Crippen LogP contribution in [0.15, 0.2) is 42.6 Å². The minimum atomic E-state index is -0.413. The van der Waals surface area contributed by atoms with Crippen LogP contribution in [0.2, 0.25) is 0 Å². The Hall–Kier alpha value is -2.63.